The van der Waals surface area contributed by atoms with Crippen LogP contribution in [-0.2, 0) is 0 Å². The Bertz CT molecular complexity index is 794. The van der Waals surface area contributed by atoms with Crippen molar-refractivity contribution >= 4 is 11.6 Å². The number of nitrogens with zero attached hydrogens (tertiary/aromatic N) is 4. The van der Waals surface area contributed by atoms with Crippen molar-refractivity contribution in [2.45, 2.75) is 25.3 Å². The topological polar surface area (TPSA) is 50.5 Å². The summed E-state index contributed by atoms with van der Waals surface area (Å²) in [6, 6.07) is 9.84. The summed E-state index contributed by atoms with van der Waals surface area (Å²) >= 11 is 0. The highest BCUT2D eigenvalue weighted by molar-refractivity contribution is 5.93. The average molecular weight is 306 g/mol. The maximum absolute atomic E-state index is 13.0. The highest BCUT2D eigenvalue weighted by atomic mass is 16.2. The van der Waals surface area contributed by atoms with Crippen molar-refractivity contribution in [2.24, 2.45) is 0 Å². The van der Waals surface area contributed by atoms with E-state index in [4.69, 9.17) is 0 Å². The molecule has 0 N–H and O–H groups in total. The molecule has 4 rings (SSSR count). The molecular formula is C18H18N4O. The van der Waals surface area contributed by atoms with Gasteiger partial charge in [-0.25, -0.2) is 4.98 Å². The van der Waals surface area contributed by atoms with Gasteiger partial charge in [0.15, 0.2) is 0 Å². The van der Waals surface area contributed by atoms with Crippen LogP contribution in [0.3, 0.4) is 0 Å². The molecule has 0 aromatic carbocycles. The summed E-state index contributed by atoms with van der Waals surface area (Å²) in [6.45, 7) is 0.770. The fraction of sp³-hybridized carbons (Fsp3) is 0.278. The van der Waals surface area contributed by atoms with Gasteiger partial charge in [0.25, 0.3) is 5.91 Å². The fourth-order valence-corrected chi connectivity index (χ4v) is 3.28. The van der Waals surface area contributed by atoms with Crippen LogP contribution < -0.4 is 0 Å². The van der Waals surface area contributed by atoms with Gasteiger partial charge < -0.3 is 9.30 Å². The third kappa shape index (κ3) is 2.59. The molecule has 5 heteroatoms. The van der Waals surface area contributed by atoms with Crippen LogP contribution in [0.25, 0.3) is 5.65 Å². The smallest absolute Gasteiger partial charge is 0.274 e. The van der Waals surface area contributed by atoms with E-state index in [1.165, 1.54) is 0 Å². The average Bonchev–Trinajstić information content (AvgIpc) is 3.06. The number of piperidine rings is 1. The number of rotatable bonds is 2. The number of imidazole rings is 1. The van der Waals surface area contributed by atoms with E-state index in [1.807, 2.05) is 58.2 Å². The van der Waals surface area contributed by atoms with Gasteiger partial charge in [0, 0.05) is 31.3 Å². The van der Waals surface area contributed by atoms with Crippen molar-refractivity contribution < 1.29 is 4.79 Å². The van der Waals surface area contributed by atoms with E-state index >= 15 is 0 Å². The first-order valence-electron chi connectivity index (χ1n) is 7.97. The third-order valence-corrected chi connectivity index (χ3v) is 4.42. The summed E-state index contributed by atoms with van der Waals surface area (Å²) in [7, 11) is 0. The Morgan fingerprint density at radius 2 is 2.13 bits per heavy atom. The molecule has 3 aromatic heterocycles. The lowest BCUT2D eigenvalue weighted by Gasteiger charge is -2.35. The molecule has 1 amide bonds. The zero-order valence-corrected chi connectivity index (χ0v) is 12.8. The lowest BCUT2D eigenvalue weighted by atomic mass is 9.96. The Kier molecular flexibility index (Phi) is 3.54. The van der Waals surface area contributed by atoms with Gasteiger partial charge in [-0.2, -0.15) is 0 Å². The first-order chi connectivity index (χ1) is 11.3. The Morgan fingerprint density at radius 3 is 2.96 bits per heavy atom. The SMILES string of the molecule is O=C(c1cn2ccccc2n1)N1CCCC[C@@H]1c1cccnc1. The maximum Gasteiger partial charge on any atom is 0.274 e. The zero-order valence-electron chi connectivity index (χ0n) is 12.8. The zero-order chi connectivity index (χ0) is 15.6. The molecule has 3 aromatic rings. The van der Waals surface area contributed by atoms with Gasteiger partial charge in [-0.05, 0) is 43.0 Å². The summed E-state index contributed by atoms with van der Waals surface area (Å²) < 4.78 is 1.89. The lowest BCUT2D eigenvalue weighted by molar-refractivity contribution is 0.0606. The number of aromatic nitrogens is 3. The molecule has 1 saturated heterocycles. The molecule has 1 fully saturated rings. The third-order valence-electron chi connectivity index (χ3n) is 4.42. The number of carbonyl (C=O) groups excluding carboxylic acids is 1. The van der Waals surface area contributed by atoms with E-state index in [-0.39, 0.29) is 11.9 Å². The monoisotopic (exact) mass is 306 g/mol. The molecule has 1 atom stereocenters. The van der Waals surface area contributed by atoms with E-state index in [0.29, 0.717) is 5.69 Å². The summed E-state index contributed by atoms with van der Waals surface area (Å²) in [5, 5.41) is 0. The first-order valence-corrected chi connectivity index (χ1v) is 7.97. The minimum atomic E-state index is 0.00209. The van der Waals surface area contributed by atoms with Gasteiger partial charge in [-0.3, -0.25) is 9.78 Å². The Balaban J connectivity index is 1.67. The van der Waals surface area contributed by atoms with Crippen LogP contribution in [0, 0.1) is 0 Å². The number of pyridine rings is 2. The predicted octanol–water partition coefficient (Wildman–Crippen LogP) is 3.10. The van der Waals surface area contributed by atoms with Crippen molar-refractivity contribution in [3.63, 3.8) is 0 Å². The minimum Gasteiger partial charge on any atom is -0.330 e. The number of carbonyl (C=O) groups is 1. The molecule has 0 aliphatic carbocycles. The number of amides is 1. The number of hydrogen-bond donors (Lipinski definition) is 0. The fourth-order valence-electron chi connectivity index (χ4n) is 3.28. The quantitative estimate of drug-likeness (QED) is 0.731. The Labute approximate surface area is 134 Å². The van der Waals surface area contributed by atoms with Crippen LogP contribution in [0.2, 0.25) is 0 Å². The molecule has 0 spiro atoms. The van der Waals surface area contributed by atoms with Crippen LogP contribution >= 0.6 is 0 Å². The van der Waals surface area contributed by atoms with Crippen LogP contribution in [0.15, 0.2) is 55.1 Å². The van der Waals surface area contributed by atoms with Crippen molar-refractivity contribution in [2.75, 3.05) is 6.54 Å². The Morgan fingerprint density at radius 1 is 1.17 bits per heavy atom. The van der Waals surface area contributed by atoms with Gasteiger partial charge in [-0.15, -0.1) is 0 Å². The standard InChI is InChI=1S/C18H18N4O/c23-18(15-13-21-10-3-2-8-17(21)20-15)22-11-4-1-7-16(22)14-6-5-9-19-12-14/h2-3,5-6,8-10,12-13,16H,1,4,7,11H2/t16-/m1/s1. The van der Waals surface area contributed by atoms with Gasteiger partial charge in [0.05, 0.1) is 6.04 Å². The van der Waals surface area contributed by atoms with Crippen molar-refractivity contribution in [1.82, 2.24) is 19.3 Å². The molecule has 1 aliphatic heterocycles. The van der Waals surface area contributed by atoms with Crippen LogP contribution in [0.4, 0.5) is 0 Å². The van der Waals surface area contributed by atoms with Crippen LogP contribution in [0.5, 0.6) is 0 Å². The molecule has 4 heterocycles. The molecule has 23 heavy (non-hydrogen) atoms. The highest BCUT2D eigenvalue weighted by Gasteiger charge is 2.30. The van der Waals surface area contributed by atoms with Gasteiger partial charge in [-0.1, -0.05) is 12.1 Å². The molecule has 0 unspecified atom stereocenters. The number of fused-ring (bicyclic) bond motifs is 1. The Hall–Kier alpha value is -2.69. The largest absolute Gasteiger partial charge is 0.330 e. The van der Waals surface area contributed by atoms with Crippen molar-refractivity contribution in [3.8, 4) is 0 Å². The summed E-state index contributed by atoms with van der Waals surface area (Å²) in [5.41, 5.74) is 2.40. The van der Waals surface area contributed by atoms with E-state index in [1.54, 1.807) is 6.20 Å². The maximum atomic E-state index is 13.0. The minimum absolute atomic E-state index is 0.00209. The second kappa shape index (κ2) is 5.83. The molecule has 116 valence electrons. The molecule has 0 saturated carbocycles. The highest BCUT2D eigenvalue weighted by Crippen LogP contribution is 2.31. The van der Waals surface area contributed by atoms with E-state index in [0.717, 1.165) is 37.0 Å². The molecule has 0 bridgehead atoms. The van der Waals surface area contributed by atoms with Crippen LogP contribution in [0.1, 0.15) is 41.4 Å². The van der Waals surface area contributed by atoms with Gasteiger partial charge in [0.1, 0.15) is 11.3 Å². The predicted molar refractivity (Wildman–Crippen MR) is 87.1 cm³/mol. The van der Waals surface area contributed by atoms with Crippen LogP contribution in [-0.4, -0.2) is 31.7 Å². The first kappa shape index (κ1) is 13.9. The molecule has 1 aliphatic rings. The van der Waals surface area contributed by atoms with Crippen molar-refractivity contribution in [3.05, 3.63) is 66.4 Å². The van der Waals surface area contributed by atoms with E-state index in [9.17, 15) is 4.79 Å². The van der Waals surface area contributed by atoms with Gasteiger partial charge >= 0.3 is 0 Å². The summed E-state index contributed by atoms with van der Waals surface area (Å²) in [5.74, 6) is 0.00209. The summed E-state index contributed by atoms with van der Waals surface area (Å²) in [4.78, 5) is 23.6. The number of hydrogen-bond acceptors (Lipinski definition) is 3. The van der Waals surface area contributed by atoms with E-state index < -0.39 is 0 Å². The summed E-state index contributed by atoms with van der Waals surface area (Å²) in [6.07, 6.45) is 10.5. The second-order valence-electron chi connectivity index (χ2n) is 5.89. The number of likely N-dealkylation sites (tertiary alicyclic amines) is 1. The normalized spacial score (nSPS) is 18.3. The lowest BCUT2D eigenvalue weighted by Crippen LogP contribution is -2.38. The van der Waals surface area contributed by atoms with E-state index in [2.05, 4.69) is 9.97 Å². The molecule has 0 radical (unpaired) electrons. The van der Waals surface area contributed by atoms with Crippen molar-refractivity contribution in [1.29, 1.82) is 0 Å². The molecule has 5 nitrogen and oxygen atoms in total. The second-order valence-corrected chi connectivity index (χ2v) is 5.89. The molecular weight excluding hydrogens is 288 g/mol. The van der Waals surface area contributed by atoms with Gasteiger partial charge in [0.2, 0.25) is 0 Å².